The molecule has 1 N–H and O–H groups in total. The van der Waals surface area contributed by atoms with E-state index in [1.807, 2.05) is 24.3 Å². The Kier molecular flexibility index (Phi) is 9.44. The van der Waals surface area contributed by atoms with Gasteiger partial charge in [-0.05, 0) is 25.0 Å². The molecule has 0 spiro atoms. The molecule has 4 nitrogen and oxygen atoms in total. The minimum absolute atomic E-state index is 0.0928. The van der Waals surface area contributed by atoms with Crippen molar-refractivity contribution >= 4 is 11.6 Å². The molecule has 7 heteroatoms. The molecule has 0 saturated carbocycles. The Morgan fingerprint density at radius 3 is 2.46 bits per heavy atom. The zero-order valence-electron chi connectivity index (χ0n) is 16.4. The number of halogens is 3. The molecule has 0 unspecified atom stereocenters. The predicted molar refractivity (Wildman–Crippen MR) is 105 cm³/mol. The fourth-order valence-electron chi connectivity index (χ4n) is 3.30. The highest BCUT2D eigenvalue weighted by molar-refractivity contribution is 5.77. The summed E-state index contributed by atoms with van der Waals surface area (Å²) < 4.78 is 42.0. The molecule has 0 aromatic heterocycles. The second-order valence-electron chi connectivity index (χ2n) is 7.27. The van der Waals surface area contributed by atoms with E-state index in [1.54, 1.807) is 0 Å². The molecular formula is C21H31F3N2O2. The number of hydrogen-bond acceptors (Lipinski definition) is 3. The molecule has 1 aromatic carbocycles. The largest absolute Gasteiger partial charge is 0.494 e. The number of alkyl halides is 3. The van der Waals surface area contributed by atoms with Gasteiger partial charge in [0, 0.05) is 44.2 Å². The minimum atomic E-state index is -4.02. The Balaban J connectivity index is 1.56. The van der Waals surface area contributed by atoms with Crippen molar-refractivity contribution in [3.63, 3.8) is 0 Å². The van der Waals surface area contributed by atoms with Crippen LogP contribution >= 0.6 is 0 Å². The van der Waals surface area contributed by atoms with E-state index < -0.39 is 12.6 Å². The first kappa shape index (κ1) is 22.4. The molecular weight excluding hydrogens is 369 g/mol. The molecule has 1 aliphatic rings. The third kappa shape index (κ3) is 9.33. The summed E-state index contributed by atoms with van der Waals surface area (Å²) in [5.41, 5.74) is 1.06. The first-order valence-electron chi connectivity index (χ1n) is 10.3. The summed E-state index contributed by atoms with van der Waals surface area (Å²) in [5.74, 6) is 0.920. The van der Waals surface area contributed by atoms with E-state index in [0.29, 0.717) is 32.5 Å². The lowest BCUT2D eigenvalue weighted by atomic mass is 10.1. The SMILES string of the molecule is O=C1CCN(c2cccc(OCCCCCCCCCC(F)(F)F)c2)CCN1. The van der Waals surface area contributed by atoms with Crippen LogP contribution in [0.25, 0.3) is 0 Å². The Labute approximate surface area is 165 Å². The van der Waals surface area contributed by atoms with E-state index in [9.17, 15) is 18.0 Å². The maximum atomic E-state index is 12.0. The van der Waals surface area contributed by atoms with Crippen molar-refractivity contribution in [3.8, 4) is 5.75 Å². The van der Waals surface area contributed by atoms with Gasteiger partial charge in [-0.1, -0.05) is 38.2 Å². The molecule has 1 amide bonds. The average molecular weight is 400 g/mol. The van der Waals surface area contributed by atoms with E-state index in [0.717, 1.165) is 50.1 Å². The van der Waals surface area contributed by atoms with Crippen molar-refractivity contribution in [2.45, 2.75) is 64.0 Å². The molecule has 0 aliphatic carbocycles. The smallest absolute Gasteiger partial charge is 0.389 e. The summed E-state index contributed by atoms with van der Waals surface area (Å²) in [6.07, 6.45) is 1.56. The second-order valence-corrected chi connectivity index (χ2v) is 7.27. The number of anilines is 1. The van der Waals surface area contributed by atoms with Crippen LogP contribution in [0.2, 0.25) is 0 Å². The topological polar surface area (TPSA) is 41.6 Å². The number of nitrogens with one attached hydrogen (secondary N) is 1. The molecule has 1 aromatic rings. The van der Waals surface area contributed by atoms with Gasteiger partial charge in [-0.15, -0.1) is 0 Å². The van der Waals surface area contributed by atoms with Crippen LogP contribution in [0.4, 0.5) is 18.9 Å². The average Bonchev–Trinajstić information content (AvgIpc) is 2.87. The van der Waals surface area contributed by atoms with Gasteiger partial charge in [-0.3, -0.25) is 4.79 Å². The van der Waals surface area contributed by atoms with Crippen LogP contribution in [0.15, 0.2) is 24.3 Å². The van der Waals surface area contributed by atoms with Crippen LogP contribution in [-0.4, -0.2) is 38.3 Å². The molecule has 1 heterocycles. The maximum Gasteiger partial charge on any atom is 0.389 e. The van der Waals surface area contributed by atoms with Gasteiger partial charge in [-0.2, -0.15) is 13.2 Å². The van der Waals surface area contributed by atoms with Gasteiger partial charge in [0.2, 0.25) is 5.91 Å². The van der Waals surface area contributed by atoms with Crippen LogP contribution in [-0.2, 0) is 4.79 Å². The fourth-order valence-corrected chi connectivity index (χ4v) is 3.30. The maximum absolute atomic E-state index is 12.0. The van der Waals surface area contributed by atoms with Crippen LogP contribution in [0.5, 0.6) is 5.75 Å². The normalized spacial score (nSPS) is 15.2. The molecule has 158 valence electrons. The minimum Gasteiger partial charge on any atom is -0.494 e. The van der Waals surface area contributed by atoms with Crippen LogP contribution in [0, 0.1) is 0 Å². The number of amides is 1. The number of nitrogens with zero attached hydrogens (tertiary/aromatic N) is 1. The number of ether oxygens (including phenoxy) is 1. The van der Waals surface area contributed by atoms with Gasteiger partial charge < -0.3 is 15.0 Å². The van der Waals surface area contributed by atoms with Gasteiger partial charge >= 0.3 is 6.18 Å². The highest BCUT2D eigenvalue weighted by Crippen LogP contribution is 2.24. The number of rotatable bonds is 11. The molecule has 0 bridgehead atoms. The highest BCUT2D eigenvalue weighted by atomic mass is 19.4. The molecule has 1 fully saturated rings. The molecule has 0 atom stereocenters. The number of benzene rings is 1. The van der Waals surface area contributed by atoms with E-state index >= 15 is 0 Å². The third-order valence-corrected chi connectivity index (χ3v) is 4.87. The Morgan fingerprint density at radius 2 is 1.71 bits per heavy atom. The van der Waals surface area contributed by atoms with Crippen molar-refractivity contribution in [2.75, 3.05) is 31.1 Å². The van der Waals surface area contributed by atoms with Gasteiger partial charge in [0.25, 0.3) is 0 Å². The number of hydrogen-bond donors (Lipinski definition) is 1. The van der Waals surface area contributed by atoms with Crippen molar-refractivity contribution < 1.29 is 22.7 Å². The zero-order chi connectivity index (χ0) is 20.2. The summed E-state index contributed by atoms with van der Waals surface area (Å²) in [7, 11) is 0. The van der Waals surface area contributed by atoms with Crippen molar-refractivity contribution in [1.82, 2.24) is 5.32 Å². The number of carbonyl (C=O) groups excluding carboxylic acids is 1. The molecule has 1 aliphatic heterocycles. The van der Waals surface area contributed by atoms with Crippen LogP contribution in [0.3, 0.4) is 0 Å². The summed E-state index contributed by atoms with van der Waals surface area (Å²) in [6, 6.07) is 7.94. The highest BCUT2D eigenvalue weighted by Gasteiger charge is 2.25. The monoisotopic (exact) mass is 400 g/mol. The molecule has 28 heavy (non-hydrogen) atoms. The number of unbranched alkanes of at least 4 members (excludes halogenated alkanes) is 6. The first-order chi connectivity index (χ1) is 13.4. The van der Waals surface area contributed by atoms with E-state index in [2.05, 4.69) is 10.2 Å². The van der Waals surface area contributed by atoms with Gasteiger partial charge in [-0.25, -0.2) is 0 Å². The summed E-state index contributed by atoms with van der Waals surface area (Å²) >= 11 is 0. The third-order valence-electron chi connectivity index (χ3n) is 4.87. The van der Waals surface area contributed by atoms with Gasteiger partial charge in [0.1, 0.15) is 5.75 Å². The predicted octanol–water partition coefficient (Wildman–Crippen LogP) is 5.07. The number of carbonyl (C=O) groups is 1. The lowest BCUT2D eigenvalue weighted by Gasteiger charge is -2.22. The zero-order valence-corrected chi connectivity index (χ0v) is 16.4. The van der Waals surface area contributed by atoms with Crippen molar-refractivity contribution in [2.24, 2.45) is 0 Å². The Bertz CT molecular complexity index is 593. The summed E-state index contributed by atoms with van der Waals surface area (Å²) in [4.78, 5) is 13.6. The molecule has 0 radical (unpaired) electrons. The second kappa shape index (κ2) is 11.8. The van der Waals surface area contributed by atoms with E-state index in [1.165, 1.54) is 0 Å². The Morgan fingerprint density at radius 1 is 1.00 bits per heavy atom. The van der Waals surface area contributed by atoms with Crippen LogP contribution in [0.1, 0.15) is 57.8 Å². The van der Waals surface area contributed by atoms with E-state index in [4.69, 9.17) is 4.74 Å². The lowest BCUT2D eigenvalue weighted by Crippen LogP contribution is -2.28. The Hall–Kier alpha value is -1.92. The first-order valence-corrected chi connectivity index (χ1v) is 10.3. The van der Waals surface area contributed by atoms with Crippen molar-refractivity contribution in [1.29, 1.82) is 0 Å². The fraction of sp³-hybridized carbons (Fsp3) is 0.667. The quantitative estimate of drug-likeness (QED) is 0.527. The van der Waals surface area contributed by atoms with Crippen molar-refractivity contribution in [3.05, 3.63) is 24.3 Å². The van der Waals surface area contributed by atoms with Crippen LogP contribution < -0.4 is 15.0 Å². The molecule has 2 rings (SSSR count). The van der Waals surface area contributed by atoms with Gasteiger partial charge in [0.15, 0.2) is 0 Å². The lowest BCUT2D eigenvalue weighted by molar-refractivity contribution is -0.135. The molecule has 1 saturated heterocycles. The van der Waals surface area contributed by atoms with Gasteiger partial charge in [0.05, 0.1) is 6.61 Å². The van der Waals surface area contributed by atoms with E-state index in [-0.39, 0.29) is 12.3 Å². The summed E-state index contributed by atoms with van der Waals surface area (Å²) in [6.45, 7) is 2.79. The standard InChI is InChI=1S/C21H31F3N2O2/c22-21(23,24)12-6-4-2-1-3-5-7-16-28-19-10-8-9-18(17-19)26-14-11-20(27)25-13-15-26/h8-10,17H,1-7,11-16H2,(H,25,27). The summed E-state index contributed by atoms with van der Waals surface area (Å²) in [5, 5.41) is 2.87.